The predicted molar refractivity (Wildman–Crippen MR) is 76.3 cm³/mol. The van der Waals surface area contributed by atoms with Crippen molar-refractivity contribution in [1.29, 1.82) is 0 Å². The van der Waals surface area contributed by atoms with Crippen molar-refractivity contribution in [2.24, 2.45) is 5.92 Å². The summed E-state index contributed by atoms with van der Waals surface area (Å²) in [5, 5.41) is 12.0. The minimum atomic E-state index is -1.05. The van der Waals surface area contributed by atoms with E-state index in [2.05, 4.69) is 5.32 Å². The smallest absolute Gasteiger partial charge is 0.326 e. The van der Waals surface area contributed by atoms with Crippen LogP contribution in [0, 0.1) is 5.92 Å². The Balaban J connectivity index is 2.86. The maximum atomic E-state index is 12.0. The molecule has 1 rings (SSSR count). The number of methoxy groups -OCH3 is 1. The van der Waals surface area contributed by atoms with Gasteiger partial charge in [-0.2, -0.15) is 0 Å². The van der Waals surface area contributed by atoms with Gasteiger partial charge in [0.2, 0.25) is 0 Å². The summed E-state index contributed by atoms with van der Waals surface area (Å²) >= 11 is 5.88. The summed E-state index contributed by atoms with van der Waals surface area (Å²) in [6.45, 7) is 3.79. The molecule has 1 amide bonds. The average Bonchev–Trinajstić information content (AvgIpc) is 2.37. The van der Waals surface area contributed by atoms with Crippen molar-refractivity contribution in [3.8, 4) is 5.75 Å². The van der Waals surface area contributed by atoms with Crippen LogP contribution in [0.4, 0.5) is 0 Å². The highest BCUT2D eigenvalue weighted by Gasteiger charge is 2.22. The van der Waals surface area contributed by atoms with Crippen LogP contribution in [0.15, 0.2) is 18.2 Å². The van der Waals surface area contributed by atoms with Crippen molar-refractivity contribution in [2.45, 2.75) is 26.3 Å². The van der Waals surface area contributed by atoms with Gasteiger partial charge in [-0.15, -0.1) is 0 Å². The molecule has 1 unspecified atom stereocenters. The van der Waals surface area contributed by atoms with Crippen LogP contribution >= 0.6 is 11.6 Å². The number of hydrogen-bond donors (Lipinski definition) is 2. The summed E-state index contributed by atoms with van der Waals surface area (Å²) in [4.78, 5) is 23.2. The van der Waals surface area contributed by atoms with E-state index in [1.807, 2.05) is 13.8 Å². The van der Waals surface area contributed by atoms with E-state index in [0.29, 0.717) is 22.8 Å². The highest BCUT2D eigenvalue weighted by molar-refractivity contribution is 6.32. The fourth-order valence-electron chi connectivity index (χ4n) is 1.74. The number of carbonyl (C=O) groups is 2. The van der Waals surface area contributed by atoms with Crippen LogP contribution in [-0.2, 0) is 4.79 Å². The molecule has 0 heterocycles. The van der Waals surface area contributed by atoms with Crippen LogP contribution in [0.1, 0.15) is 30.6 Å². The third-order valence-corrected chi connectivity index (χ3v) is 3.04. The lowest BCUT2D eigenvalue weighted by Crippen LogP contribution is -2.41. The first-order valence-electron chi connectivity index (χ1n) is 6.22. The molecule has 0 fully saturated rings. The van der Waals surface area contributed by atoms with Crippen molar-refractivity contribution in [3.05, 3.63) is 28.8 Å². The summed E-state index contributed by atoms with van der Waals surface area (Å²) in [5.74, 6) is -0.979. The van der Waals surface area contributed by atoms with Crippen LogP contribution in [0.3, 0.4) is 0 Å². The van der Waals surface area contributed by atoms with Crippen molar-refractivity contribution in [1.82, 2.24) is 5.32 Å². The quantitative estimate of drug-likeness (QED) is 0.846. The Morgan fingerprint density at radius 3 is 2.55 bits per heavy atom. The Morgan fingerprint density at radius 1 is 1.40 bits per heavy atom. The molecule has 1 aromatic carbocycles. The van der Waals surface area contributed by atoms with E-state index >= 15 is 0 Å². The monoisotopic (exact) mass is 299 g/mol. The molecule has 1 atom stereocenters. The second-order valence-electron chi connectivity index (χ2n) is 4.84. The lowest BCUT2D eigenvalue weighted by Gasteiger charge is -2.16. The molecule has 0 aliphatic rings. The van der Waals surface area contributed by atoms with E-state index < -0.39 is 17.9 Å². The van der Waals surface area contributed by atoms with Gasteiger partial charge in [0.15, 0.2) is 0 Å². The van der Waals surface area contributed by atoms with Gasteiger partial charge in [0.05, 0.1) is 12.1 Å². The lowest BCUT2D eigenvalue weighted by atomic mass is 10.0. The molecule has 0 saturated heterocycles. The zero-order valence-electron chi connectivity index (χ0n) is 11.6. The molecule has 0 aromatic heterocycles. The topological polar surface area (TPSA) is 75.6 Å². The number of halogens is 1. The molecule has 0 aliphatic heterocycles. The van der Waals surface area contributed by atoms with Crippen molar-refractivity contribution >= 4 is 23.5 Å². The number of carboxylic acid groups (broad SMARTS) is 1. The number of carbonyl (C=O) groups excluding carboxylic acids is 1. The number of benzene rings is 1. The van der Waals surface area contributed by atoms with E-state index in [0.717, 1.165) is 0 Å². The zero-order valence-corrected chi connectivity index (χ0v) is 12.4. The van der Waals surface area contributed by atoms with Gasteiger partial charge in [-0.3, -0.25) is 4.79 Å². The minimum absolute atomic E-state index is 0.163. The largest absolute Gasteiger partial charge is 0.495 e. The van der Waals surface area contributed by atoms with Crippen LogP contribution in [0.25, 0.3) is 0 Å². The number of amides is 1. The number of aliphatic carboxylic acids is 1. The number of hydrogen-bond acceptors (Lipinski definition) is 3. The van der Waals surface area contributed by atoms with E-state index in [9.17, 15) is 9.59 Å². The molecule has 0 radical (unpaired) electrons. The number of ether oxygens (including phenoxy) is 1. The Labute approximate surface area is 122 Å². The summed E-state index contributed by atoms with van der Waals surface area (Å²) in [7, 11) is 1.45. The van der Waals surface area contributed by atoms with Gasteiger partial charge < -0.3 is 15.2 Å². The molecule has 0 bridgehead atoms. The molecule has 20 heavy (non-hydrogen) atoms. The molecule has 110 valence electrons. The Bertz CT molecular complexity index is 502. The molecular formula is C14H18ClNO4. The van der Waals surface area contributed by atoms with Gasteiger partial charge in [0, 0.05) is 5.56 Å². The average molecular weight is 300 g/mol. The number of carboxylic acids is 1. The normalized spacial score (nSPS) is 12.1. The zero-order chi connectivity index (χ0) is 15.3. The second-order valence-corrected chi connectivity index (χ2v) is 5.25. The first kappa shape index (κ1) is 16.3. The third-order valence-electron chi connectivity index (χ3n) is 2.72. The van der Waals surface area contributed by atoms with Crippen LogP contribution in [-0.4, -0.2) is 30.1 Å². The van der Waals surface area contributed by atoms with Crippen molar-refractivity contribution in [2.75, 3.05) is 7.11 Å². The Morgan fingerprint density at radius 2 is 2.05 bits per heavy atom. The molecular weight excluding hydrogens is 282 g/mol. The number of nitrogens with one attached hydrogen (secondary N) is 1. The second kappa shape index (κ2) is 7.14. The predicted octanol–water partition coefficient (Wildman–Crippen LogP) is 2.58. The summed E-state index contributed by atoms with van der Waals surface area (Å²) < 4.78 is 5.02. The third kappa shape index (κ3) is 4.42. The van der Waals surface area contributed by atoms with Gasteiger partial charge in [-0.1, -0.05) is 25.4 Å². The van der Waals surface area contributed by atoms with E-state index in [4.69, 9.17) is 21.4 Å². The highest BCUT2D eigenvalue weighted by Crippen LogP contribution is 2.25. The molecule has 0 saturated carbocycles. The Kier molecular flexibility index (Phi) is 5.82. The molecule has 1 aromatic rings. The van der Waals surface area contributed by atoms with Crippen molar-refractivity contribution in [3.63, 3.8) is 0 Å². The standard InChI is InChI=1S/C14H18ClNO4/c1-8(2)6-11(14(18)19)16-13(17)9-4-5-10(15)12(7-9)20-3/h4-5,7-8,11H,6H2,1-3H3,(H,16,17)(H,18,19). The fraction of sp³-hybridized carbons (Fsp3) is 0.429. The van der Waals surface area contributed by atoms with Gasteiger partial charge in [-0.25, -0.2) is 4.79 Å². The summed E-state index contributed by atoms with van der Waals surface area (Å²) in [6, 6.07) is 3.62. The van der Waals surface area contributed by atoms with Gasteiger partial charge in [0.1, 0.15) is 11.8 Å². The lowest BCUT2D eigenvalue weighted by molar-refractivity contribution is -0.139. The molecule has 0 spiro atoms. The first-order valence-corrected chi connectivity index (χ1v) is 6.60. The maximum absolute atomic E-state index is 12.0. The van der Waals surface area contributed by atoms with Gasteiger partial charge >= 0.3 is 5.97 Å². The number of rotatable bonds is 6. The van der Waals surface area contributed by atoms with Crippen LogP contribution in [0.5, 0.6) is 5.75 Å². The van der Waals surface area contributed by atoms with Crippen LogP contribution in [0.2, 0.25) is 5.02 Å². The summed E-state index contributed by atoms with van der Waals surface area (Å²) in [6.07, 6.45) is 0.367. The van der Waals surface area contributed by atoms with E-state index in [1.54, 1.807) is 0 Å². The minimum Gasteiger partial charge on any atom is -0.495 e. The van der Waals surface area contributed by atoms with E-state index in [-0.39, 0.29) is 5.92 Å². The van der Waals surface area contributed by atoms with Crippen molar-refractivity contribution < 1.29 is 19.4 Å². The Hall–Kier alpha value is -1.75. The fourth-order valence-corrected chi connectivity index (χ4v) is 1.93. The van der Waals surface area contributed by atoms with Gasteiger partial charge in [-0.05, 0) is 30.5 Å². The first-order chi connectivity index (χ1) is 9.35. The molecule has 0 aliphatic carbocycles. The van der Waals surface area contributed by atoms with Crippen LogP contribution < -0.4 is 10.1 Å². The summed E-state index contributed by atoms with van der Waals surface area (Å²) in [5.41, 5.74) is 0.307. The molecule has 2 N–H and O–H groups in total. The maximum Gasteiger partial charge on any atom is 0.326 e. The highest BCUT2D eigenvalue weighted by atomic mass is 35.5. The van der Waals surface area contributed by atoms with Gasteiger partial charge in [0.25, 0.3) is 5.91 Å². The van der Waals surface area contributed by atoms with E-state index in [1.165, 1.54) is 25.3 Å². The SMILES string of the molecule is COc1cc(C(=O)NC(CC(C)C)C(=O)O)ccc1Cl. The molecule has 5 nitrogen and oxygen atoms in total. The molecule has 6 heteroatoms.